The van der Waals surface area contributed by atoms with Crippen LogP contribution in [0, 0.1) is 0 Å². The van der Waals surface area contributed by atoms with Crippen molar-refractivity contribution < 1.29 is 4.79 Å². The van der Waals surface area contributed by atoms with Crippen molar-refractivity contribution in [2.75, 3.05) is 38.5 Å². The Morgan fingerprint density at radius 3 is 2.38 bits per heavy atom. The second-order valence-electron chi connectivity index (χ2n) is 6.64. The summed E-state index contributed by atoms with van der Waals surface area (Å²) in [5, 5.41) is 0. The third-order valence-corrected chi connectivity index (χ3v) is 3.97. The largest absolute Gasteiger partial charge is 0.384 e. The van der Waals surface area contributed by atoms with E-state index in [1.807, 2.05) is 11.0 Å². The van der Waals surface area contributed by atoms with Crippen molar-refractivity contribution in [2.45, 2.75) is 33.1 Å². The van der Waals surface area contributed by atoms with E-state index < -0.39 is 0 Å². The zero-order chi connectivity index (χ0) is 15.6. The summed E-state index contributed by atoms with van der Waals surface area (Å²) < 4.78 is 0. The van der Waals surface area contributed by atoms with Gasteiger partial charge in [-0.05, 0) is 18.7 Å². The molecule has 2 rings (SSSR count). The van der Waals surface area contributed by atoms with Crippen LogP contribution in [0.1, 0.15) is 43.7 Å². The van der Waals surface area contributed by atoms with Gasteiger partial charge in [0.2, 0.25) is 0 Å². The van der Waals surface area contributed by atoms with Crippen LogP contribution in [0.3, 0.4) is 0 Å². The molecule has 2 N–H and O–H groups in total. The highest BCUT2D eigenvalue weighted by Crippen LogP contribution is 2.23. The lowest BCUT2D eigenvalue weighted by Gasteiger charge is -2.34. The molecule has 116 valence electrons. The van der Waals surface area contributed by atoms with Crippen LogP contribution in [0.4, 0.5) is 5.82 Å². The average Bonchev–Trinajstić information content (AvgIpc) is 2.45. The molecule has 0 aromatic carbocycles. The average molecular weight is 290 g/mol. The summed E-state index contributed by atoms with van der Waals surface area (Å²) in [4.78, 5) is 21.3. The molecular formula is C16H26N4O. The molecule has 1 aliphatic heterocycles. The van der Waals surface area contributed by atoms with Crippen LogP contribution in [0.25, 0.3) is 0 Å². The monoisotopic (exact) mass is 290 g/mol. The van der Waals surface area contributed by atoms with Crippen molar-refractivity contribution >= 4 is 11.7 Å². The van der Waals surface area contributed by atoms with Crippen molar-refractivity contribution in [3.63, 3.8) is 0 Å². The van der Waals surface area contributed by atoms with E-state index >= 15 is 0 Å². The fourth-order valence-corrected chi connectivity index (χ4v) is 2.51. The van der Waals surface area contributed by atoms with Gasteiger partial charge in [-0.1, -0.05) is 27.7 Å². The highest BCUT2D eigenvalue weighted by molar-refractivity contribution is 5.95. The first-order valence-electron chi connectivity index (χ1n) is 7.61. The van der Waals surface area contributed by atoms with Crippen LogP contribution in [0.2, 0.25) is 0 Å². The molecule has 1 aliphatic rings. The molecule has 21 heavy (non-hydrogen) atoms. The summed E-state index contributed by atoms with van der Waals surface area (Å²) in [6, 6.07) is 3.56. The van der Waals surface area contributed by atoms with E-state index in [0.29, 0.717) is 11.4 Å². The minimum Gasteiger partial charge on any atom is -0.384 e. The second kappa shape index (κ2) is 6.02. The number of pyridine rings is 1. The number of piperazine rings is 1. The number of nitrogens with two attached hydrogens (primary N) is 1. The minimum absolute atomic E-state index is 0.0605. The number of aromatic nitrogens is 1. The molecule has 5 heteroatoms. The Morgan fingerprint density at radius 2 is 1.86 bits per heavy atom. The first-order chi connectivity index (χ1) is 9.81. The highest BCUT2D eigenvalue weighted by Gasteiger charge is 2.24. The fraction of sp³-hybridized carbons (Fsp3) is 0.625. The summed E-state index contributed by atoms with van der Waals surface area (Å²) >= 11 is 0. The quantitative estimate of drug-likeness (QED) is 0.901. The second-order valence-corrected chi connectivity index (χ2v) is 6.64. The van der Waals surface area contributed by atoms with E-state index in [4.69, 9.17) is 5.73 Å². The van der Waals surface area contributed by atoms with Crippen molar-refractivity contribution in [2.24, 2.45) is 0 Å². The smallest absolute Gasteiger partial charge is 0.254 e. The lowest BCUT2D eigenvalue weighted by atomic mass is 9.90. The topological polar surface area (TPSA) is 62.5 Å². The Balaban J connectivity index is 2.18. The number of carbonyl (C=O) groups is 1. The molecule has 1 amide bonds. The van der Waals surface area contributed by atoms with Gasteiger partial charge in [-0.3, -0.25) is 4.79 Å². The van der Waals surface area contributed by atoms with Gasteiger partial charge in [0.1, 0.15) is 5.82 Å². The molecule has 0 atom stereocenters. The molecule has 1 aromatic rings. The van der Waals surface area contributed by atoms with Crippen LogP contribution in [-0.2, 0) is 5.41 Å². The number of likely N-dealkylation sites (N-methyl/N-ethyl adjacent to an activating group) is 1. The molecule has 0 radical (unpaired) electrons. The van der Waals surface area contributed by atoms with Crippen LogP contribution in [0.5, 0.6) is 0 Å². The normalized spacial score (nSPS) is 17.0. The van der Waals surface area contributed by atoms with Gasteiger partial charge in [-0.2, -0.15) is 0 Å². The summed E-state index contributed by atoms with van der Waals surface area (Å²) in [6.45, 7) is 12.8. The van der Waals surface area contributed by atoms with Gasteiger partial charge in [0.05, 0.1) is 0 Å². The lowest BCUT2D eigenvalue weighted by molar-refractivity contribution is 0.0643. The van der Waals surface area contributed by atoms with E-state index in [1.54, 1.807) is 6.07 Å². The molecule has 2 heterocycles. The third kappa shape index (κ3) is 3.73. The molecule has 0 spiro atoms. The summed E-state index contributed by atoms with van der Waals surface area (Å²) in [5.74, 6) is 0.475. The third-order valence-electron chi connectivity index (χ3n) is 3.97. The van der Waals surface area contributed by atoms with Gasteiger partial charge in [-0.25, -0.2) is 4.98 Å². The summed E-state index contributed by atoms with van der Waals surface area (Å²) in [7, 11) is 0. The van der Waals surface area contributed by atoms with E-state index in [9.17, 15) is 4.79 Å². The molecule has 1 fully saturated rings. The van der Waals surface area contributed by atoms with Gasteiger partial charge in [0.25, 0.3) is 5.91 Å². The first-order valence-corrected chi connectivity index (χ1v) is 7.61. The van der Waals surface area contributed by atoms with Crippen molar-refractivity contribution in [3.8, 4) is 0 Å². The number of hydrogen-bond donors (Lipinski definition) is 1. The SMILES string of the molecule is CCN1CCN(C(=O)c2cc(N)nc(C(C)(C)C)c2)CC1. The van der Waals surface area contributed by atoms with Gasteiger partial charge < -0.3 is 15.5 Å². The van der Waals surface area contributed by atoms with Crippen molar-refractivity contribution in [3.05, 3.63) is 23.4 Å². The van der Waals surface area contributed by atoms with Gasteiger partial charge in [-0.15, -0.1) is 0 Å². The number of nitrogen functional groups attached to an aromatic ring is 1. The highest BCUT2D eigenvalue weighted by atomic mass is 16.2. The maximum absolute atomic E-state index is 12.7. The van der Waals surface area contributed by atoms with Gasteiger partial charge in [0, 0.05) is 42.9 Å². The Hall–Kier alpha value is -1.62. The van der Waals surface area contributed by atoms with Crippen LogP contribution >= 0.6 is 0 Å². The summed E-state index contributed by atoms with van der Waals surface area (Å²) in [5.41, 5.74) is 7.27. The van der Waals surface area contributed by atoms with Crippen molar-refractivity contribution in [1.82, 2.24) is 14.8 Å². The fourth-order valence-electron chi connectivity index (χ4n) is 2.51. The number of amides is 1. The molecule has 0 aliphatic carbocycles. The van der Waals surface area contributed by atoms with E-state index in [2.05, 4.69) is 37.6 Å². The molecule has 1 saturated heterocycles. The number of rotatable bonds is 2. The standard InChI is InChI=1S/C16H26N4O/c1-5-19-6-8-20(9-7-19)15(21)12-10-13(16(2,3)4)18-14(17)11-12/h10-11H,5-9H2,1-4H3,(H2,17,18). The summed E-state index contributed by atoms with van der Waals surface area (Å²) in [6.07, 6.45) is 0. The zero-order valence-electron chi connectivity index (χ0n) is 13.5. The lowest BCUT2D eigenvalue weighted by Crippen LogP contribution is -2.48. The van der Waals surface area contributed by atoms with E-state index in [1.165, 1.54) is 0 Å². The maximum atomic E-state index is 12.7. The number of anilines is 1. The van der Waals surface area contributed by atoms with Gasteiger partial charge in [0.15, 0.2) is 0 Å². The Labute approximate surface area is 127 Å². The maximum Gasteiger partial charge on any atom is 0.254 e. The Kier molecular flexibility index (Phi) is 4.52. The van der Waals surface area contributed by atoms with Crippen LogP contribution in [0.15, 0.2) is 12.1 Å². The van der Waals surface area contributed by atoms with Gasteiger partial charge >= 0.3 is 0 Å². The number of nitrogens with zero attached hydrogens (tertiary/aromatic N) is 3. The number of hydrogen-bond acceptors (Lipinski definition) is 4. The molecule has 0 unspecified atom stereocenters. The molecular weight excluding hydrogens is 264 g/mol. The first kappa shape index (κ1) is 15.8. The molecule has 0 saturated carbocycles. The molecule has 1 aromatic heterocycles. The van der Waals surface area contributed by atoms with E-state index in [0.717, 1.165) is 38.4 Å². The predicted molar refractivity (Wildman–Crippen MR) is 85.4 cm³/mol. The van der Waals surface area contributed by atoms with E-state index in [-0.39, 0.29) is 11.3 Å². The zero-order valence-corrected chi connectivity index (χ0v) is 13.5. The Bertz CT molecular complexity index is 513. The molecule has 5 nitrogen and oxygen atoms in total. The minimum atomic E-state index is -0.120. The van der Waals surface area contributed by atoms with Crippen LogP contribution in [-0.4, -0.2) is 53.4 Å². The number of carbonyl (C=O) groups excluding carboxylic acids is 1. The predicted octanol–water partition coefficient (Wildman–Crippen LogP) is 1.74. The van der Waals surface area contributed by atoms with Crippen LogP contribution < -0.4 is 5.73 Å². The van der Waals surface area contributed by atoms with Crippen molar-refractivity contribution in [1.29, 1.82) is 0 Å². The molecule has 0 bridgehead atoms. The Morgan fingerprint density at radius 1 is 1.24 bits per heavy atom.